The number of nitriles is 1. The second-order valence-electron chi connectivity index (χ2n) is 7.30. The van der Waals surface area contributed by atoms with Gasteiger partial charge in [0.2, 0.25) is 0 Å². The molecule has 0 aliphatic heterocycles. The molecular weight excluding hydrogens is 412 g/mol. The summed E-state index contributed by atoms with van der Waals surface area (Å²) in [5, 5.41) is 18.5. The van der Waals surface area contributed by atoms with Crippen molar-refractivity contribution in [3.8, 4) is 11.8 Å². The fourth-order valence-electron chi connectivity index (χ4n) is 3.34. The number of anilines is 1. The maximum absolute atomic E-state index is 12.1. The average Bonchev–Trinajstić information content (AvgIpc) is 2.87. The number of ether oxygens (including phenoxy) is 1. The number of fused-ring (bicyclic) bond motifs is 1. The zero-order chi connectivity index (χ0) is 22.9. The molecule has 0 bridgehead atoms. The summed E-state index contributed by atoms with van der Waals surface area (Å²) in [6.45, 7) is 0.430. The fourth-order valence-corrected chi connectivity index (χ4v) is 3.34. The van der Waals surface area contributed by atoms with Gasteiger partial charge in [0, 0.05) is 16.6 Å². The van der Waals surface area contributed by atoms with Gasteiger partial charge >= 0.3 is 0 Å². The molecule has 0 aliphatic carbocycles. The van der Waals surface area contributed by atoms with Gasteiger partial charge in [0.1, 0.15) is 12.4 Å². The zero-order valence-electron chi connectivity index (χ0n) is 17.9. The summed E-state index contributed by atoms with van der Waals surface area (Å²) in [4.78, 5) is 12.1. The molecule has 0 spiro atoms. The van der Waals surface area contributed by atoms with E-state index in [-0.39, 0.29) is 12.5 Å². The minimum Gasteiger partial charge on any atom is -0.489 e. The highest BCUT2D eigenvalue weighted by atomic mass is 16.5. The normalized spacial score (nSPS) is 10.6. The Morgan fingerprint density at radius 2 is 1.70 bits per heavy atom. The molecule has 0 saturated heterocycles. The molecular formula is C27H22N4O2. The molecule has 6 nitrogen and oxygen atoms in total. The van der Waals surface area contributed by atoms with Crippen molar-refractivity contribution in [1.82, 2.24) is 5.43 Å². The van der Waals surface area contributed by atoms with E-state index in [1.807, 2.05) is 84.9 Å². The molecule has 4 aromatic rings. The van der Waals surface area contributed by atoms with Crippen molar-refractivity contribution in [2.24, 2.45) is 5.10 Å². The molecule has 0 atom stereocenters. The Balaban J connectivity index is 1.26. The van der Waals surface area contributed by atoms with Crippen molar-refractivity contribution in [1.29, 1.82) is 5.26 Å². The van der Waals surface area contributed by atoms with Crippen LogP contribution in [0, 0.1) is 11.3 Å². The minimum atomic E-state index is -0.240. The molecule has 1 amide bonds. The topological polar surface area (TPSA) is 86.5 Å². The Labute approximate surface area is 192 Å². The predicted molar refractivity (Wildman–Crippen MR) is 130 cm³/mol. The SMILES string of the molecule is N#Cc1ccccc1COc1ccc(/C=N\NC(=O)CNc2cccc3ccccc23)cc1. The maximum Gasteiger partial charge on any atom is 0.259 e. The van der Waals surface area contributed by atoms with E-state index in [9.17, 15) is 4.79 Å². The maximum atomic E-state index is 12.1. The Kier molecular flexibility index (Phi) is 6.94. The van der Waals surface area contributed by atoms with Gasteiger partial charge < -0.3 is 10.1 Å². The summed E-state index contributed by atoms with van der Waals surface area (Å²) in [7, 11) is 0. The van der Waals surface area contributed by atoms with Crippen molar-refractivity contribution in [3.05, 3.63) is 108 Å². The van der Waals surface area contributed by atoms with Crippen LogP contribution in [0.2, 0.25) is 0 Å². The van der Waals surface area contributed by atoms with E-state index in [4.69, 9.17) is 10.00 Å². The first-order chi connectivity index (χ1) is 16.2. The highest BCUT2D eigenvalue weighted by molar-refractivity contribution is 5.95. The molecule has 0 radical (unpaired) electrons. The number of hydrogen-bond acceptors (Lipinski definition) is 5. The number of hydrogen-bond donors (Lipinski definition) is 2. The molecule has 6 heteroatoms. The number of nitrogens with one attached hydrogen (secondary N) is 2. The van der Waals surface area contributed by atoms with Crippen LogP contribution in [-0.4, -0.2) is 18.7 Å². The first kappa shape index (κ1) is 21.6. The Morgan fingerprint density at radius 1 is 0.939 bits per heavy atom. The van der Waals surface area contributed by atoms with E-state index in [0.29, 0.717) is 17.9 Å². The summed E-state index contributed by atoms with van der Waals surface area (Å²) in [5.41, 5.74) is 5.70. The van der Waals surface area contributed by atoms with Crippen molar-refractivity contribution in [3.63, 3.8) is 0 Å². The summed E-state index contributed by atoms with van der Waals surface area (Å²) < 4.78 is 5.76. The molecule has 0 saturated carbocycles. The van der Waals surface area contributed by atoms with Gasteiger partial charge in [0.05, 0.1) is 24.4 Å². The van der Waals surface area contributed by atoms with Crippen LogP contribution < -0.4 is 15.5 Å². The van der Waals surface area contributed by atoms with Crippen LogP contribution in [0.4, 0.5) is 5.69 Å². The predicted octanol–water partition coefficient (Wildman–Crippen LogP) is 4.85. The molecule has 0 fully saturated rings. The van der Waals surface area contributed by atoms with Gasteiger partial charge in [0.25, 0.3) is 5.91 Å². The zero-order valence-corrected chi connectivity index (χ0v) is 17.9. The second kappa shape index (κ2) is 10.6. The monoisotopic (exact) mass is 434 g/mol. The minimum absolute atomic E-state index is 0.113. The fraction of sp³-hybridized carbons (Fsp3) is 0.0741. The van der Waals surface area contributed by atoms with Crippen molar-refractivity contribution in [2.75, 3.05) is 11.9 Å². The van der Waals surface area contributed by atoms with Gasteiger partial charge in [-0.3, -0.25) is 4.79 Å². The van der Waals surface area contributed by atoms with Crippen LogP contribution >= 0.6 is 0 Å². The van der Waals surface area contributed by atoms with E-state index in [1.54, 1.807) is 12.3 Å². The van der Waals surface area contributed by atoms with Gasteiger partial charge in [-0.15, -0.1) is 0 Å². The molecule has 33 heavy (non-hydrogen) atoms. The largest absolute Gasteiger partial charge is 0.489 e. The van der Waals surface area contributed by atoms with E-state index < -0.39 is 0 Å². The number of hydrazone groups is 1. The Morgan fingerprint density at radius 3 is 2.55 bits per heavy atom. The Hall–Kier alpha value is -4.63. The standard InChI is InChI=1S/C27H22N4O2/c28-16-22-7-1-2-8-23(22)19-33-24-14-12-20(13-15-24)17-30-31-27(32)18-29-26-11-5-9-21-6-3-4-10-25(21)26/h1-15,17,29H,18-19H2,(H,31,32)/b30-17-. The van der Waals surface area contributed by atoms with Crippen LogP contribution in [0.25, 0.3) is 10.8 Å². The molecule has 0 aliphatic rings. The third kappa shape index (κ3) is 5.75. The summed E-state index contributed by atoms with van der Waals surface area (Å²) in [6, 6.07) is 30.8. The summed E-state index contributed by atoms with van der Waals surface area (Å²) in [6.07, 6.45) is 1.57. The number of amides is 1. The number of benzene rings is 4. The molecule has 4 aromatic carbocycles. The van der Waals surface area contributed by atoms with Gasteiger partial charge in [-0.1, -0.05) is 54.6 Å². The van der Waals surface area contributed by atoms with Crippen molar-refractivity contribution in [2.45, 2.75) is 6.61 Å². The molecule has 4 rings (SSSR count). The summed E-state index contributed by atoms with van der Waals surface area (Å²) >= 11 is 0. The lowest BCUT2D eigenvalue weighted by Crippen LogP contribution is -2.25. The Bertz CT molecular complexity index is 1320. The summed E-state index contributed by atoms with van der Waals surface area (Å²) in [5.74, 6) is 0.443. The molecule has 0 aromatic heterocycles. The number of carbonyl (C=O) groups is 1. The van der Waals surface area contributed by atoms with Gasteiger partial charge in [-0.25, -0.2) is 5.43 Å². The first-order valence-corrected chi connectivity index (χ1v) is 10.5. The molecule has 162 valence electrons. The third-order valence-electron chi connectivity index (χ3n) is 5.04. The molecule has 0 unspecified atom stereocenters. The molecule has 2 N–H and O–H groups in total. The number of nitrogens with zero attached hydrogens (tertiary/aromatic N) is 2. The first-order valence-electron chi connectivity index (χ1n) is 10.5. The lowest BCUT2D eigenvalue weighted by Gasteiger charge is -2.09. The van der Waals surface area contributed by atoms with Crippen LogP contribution in [0.5, 0.6) is 5.75 Å². The highest BCUT2D eigenvalue weighted by Crippen LogP contribution is 2.22. The highest BCUT2D eigenvalue weighted by Gasteiger charge is 2.04. The van der Waals surface area contributed by atoms with E-state index in [2.05, 4.69) is 21.9 Å². The lowest BCUT2D eigenvalue weighted by molar-refractivity contribution is -0.119. The van der Waals surface area contributed by atoms with Crippen molar-refractivity contribution < 1.29 is 9.53 Å². The lowest BCUT2D eigenvalue weighted by atomic mass is 10.1. The van der Waals surface area contributed by atoms with E-state index in [0.717, 1.165) is 27.6 Å². The van der Waals surface area contributed by atoms with Gasteiger partial charge in [0.15, 0.2) is 0 Å². The van der Waals surface area contributed by atoms with Crippen molar-refractivity contribution >= 4 is 28.6 Å². The second-order valence-corrected chi connectivity index (χ2v) is 7.30. The quantitative estimate of drug-likeness (QED) is 0.307. The molecule has 0 heterocycles. The van der Waals surface area contributed by atoms with Gasteiger partial charge in [-0.05, 0) is 47.3 Å². The number of carbonyl (C=O) groups excluding carboxylic acids is 1. The smallest absolute Gasteiger partial charge is 0.259 e. The van der Waals surface area contributed by atoms with E-state index >= 15 is 0 Å². The van der Waals surface area contributed by atoms with Crippen LogP contribution in [-0.2, 0) is 11.4 Å². The van der Waals surface area contributed by atoms with E-state index in [1.165, 1.54) is 0 Å². The number of rotatable bonds is 8. The van der Waals surface area contributed by atoms with Crippen LogP contribution in [0.3, 0.4) is 0 Å². The van der Waals surface area contributed by atoms with Gasteiger partial charge in [-0.2, -0.15) is 10.4 Å². The average molecular weight is 434 g/mol. The van der Waals surface area contributed by atoms with Crippen LogP contribution in [0.15, 0.2) is 96.1 Å². The third-order valence-corrected chi connectivity index (χ3v) is 5.04. The van der Waals surface area contributed by atoms with Crippen LogP contribution in [0.1, 0.15) is 16.7 Å².